The van der Waals surface area contributed by atoms with Gasteiger partial charge in [-0.05, 0) is 52.9 Å². The number of nitrogens with one attached hydrogen (secondary N) is 1. The van der Waals surface area contributed by atoms with E-state index in [9.17, 15) is 14.7 Å². The van der Waals surface area contributed by atoms with Gasteiger partial charge in [0.05, 0.1) is 11.8 Å². The number of rotatable bonds is 7. The van der Waals surface area contributed by atoms with Gasteiger partial charge in [-0.2, -0.15) is 0 Å². The fraction of sp³-hybridized carbons (Fsp3) is 0.526. The van der Waals surface area contributed by atoms with E-state index in [0.29, 0.717) is 30.1 Å². The highest BCUT2D eigenvalue weighted by molar-refractivity contribution is 6.30. The summed E-state index contributed by atoms with van der Waals surface area (Å²) in [6.07, 6.45) is 1.72. The van der Waals surface area contributed by atoms with Crippen LogP contribution in [0.2, 0.25) is 5.02 Å². The number of carbonyl (C=O) groups is 2. The Kier molecular flexibility index (Phi) is 7.01. The van der Waals surface area contributed by atoms with E-state index in [1.807, 2.05) is 0 Å². The maximum atomic E-state index is 12.9. The number of aliphatic hydroxyl groups excluding tert-OH is 1. The first kappa shape index (κ1) is 22.1. The molecule has 1 aliphatic rings. The predicted molar refractivity (Wildman–Crippen MR) is 110 cm³/mol. The summed E-state index contributed by atoms with van der Waals surface area (Å²) in [5.41, 5.74) is 7.36. The molecule has 2 amide bonds. The number of halogens is 1. The minimum atomic E-state index is -1.06. The zero-order valence-corrected chi connectivity index (χ0v) is 17.7. The lowest BCUT2D eigenvalue weighted by molar-refractivity contribution is -0.141. The molecule has 1 aromatic carbocycles. The lowest BCUT2D eigenvalue weighted by Gasteiger charge is -2.29. The summed E-state index contributed by atoms with van der Waals surface area (Å²) in [7, 11) is 0. The smallest absolute Gasteiger partial charge is 0.243 e. The normalized spacial score (nSPS) is 18.5. The van der Waals surface area contributed by atoms with Crippen molar-refractivity contribution in [3.63, 3.8) is 0 Å². The first-order valence-electron chi connectivity index (χ1n) is 9.83. The Bertz CT molecular complexity index is 890. The molecule has 1 aliphatic heterocycles. The summed E-state index contributed by atoms with van der Waals surface area (Å²) >= 11 is 6.11. The molecule has 1 aromatic heterocycles. The summed E-state index contributed by atoms with van der Waals surface area (Å²) in [5, 5.41) is 24.7. The second-order valence-corrected chi connectivity index (χ2v) is 8.13. The van der Waals surface area contributed by atoms with Gasteiger partial charge < -0.3 is 21.1 Å². The molecule has 0 radical (unpaired) electrons. The van der Waals surface area contributed by atoms with Crippen LogP contribution in [0, 0.1) is 5.92 Å². The van der Waals surface area contributed by atoms with Crippen LogP contribution in [0.4, 0.5) is 0 Å². The van der Waals surface area contributed by atoms with Crippen molar-refractivity contribution in [2.24, 2.45) is 11.7 Å². The summed E-state index contributed by atoms with van der Waals surface area (Å²) < 4.78 is 1.48. The van der Waals surface area contributed by atoms with Crippen molar-refractivity contribution in [2.45, 2.75) is 51.4 Å². The van der Waals surface area contributed by atoms with E-state index >= 15 is 0 Å². The van der Waals surface area contributed by atoms with Crippen molar-refractivity contribution in [1.82, 2.24) is 30.4 Å². The number of hydrogen-bond acceptors (Lipinski definition) is 7. The van der Waals surface area contributed by atoms with Crippen LogP contribution in [0.15, 0.2) is 24.5 Å². The van der Waals surface area contributed by atoms with Crippen LogP contribution in [-0.4, -0.2) is 66.8 Å². The summed E-state index contributed by atoms with van der Waals surface area (Å²) in [6.45, 7) is 4.20. The molecule has 3 atom stereocenters. The van der Waals surface area contributed by atoms with E-state index in [1.165, 1.54) is 15.9 Å². The Hall–Kier alpha value is -2.56. The SMILES string of the molecule is CC(C)C(O)C(N)C(=O)N1CCCC1C(=O)NCc1cc(Cl)ccc1-n1cnnn1. The number of benzene rings is 1. The number of nitrogens with zero attached hydrogens (tertiary/aromatic N) is 5. The van der Waals surface area contributed by atoms with Crippen molar-refractivity contribution < 1.29 is 14.7 Å². The van der Waals surface area contributed by atoms with Gasteiger partial charge in [-0.3, -0.25) is 9.59 Å². The first-order valence-corrected chi connectivity index (χ1v) is 10.2. The van der Waals surface area contributed by atoms with Crippen molar-refractivity contribution in [2.75, 3.05) is 6.54 Å². The third-order valence-corrected chi connectivity index (χ3v) is 5.50. The fourth-order valence-corrected chi connectivity index (χ4v) is 3.74. The molecule has 1 saturated heterocycles. The average Bonchev–Trinajstić information content (AvgIpc) is 3.42. The molecule has 2 heterocycles. The van der Waals surface area contributed by atoms with Gasteiger partial charge in [-0.1, -0.05) is 25.4 Å². The lowest BCUT2D eigenvalue weighted by Crippen LogP contribution is -2.55. The van der Waals surface area contributed by atoms with E-state index in [1.54, 1.807) is 32.0 Å². The predicted octanol–water partition coefficient (Wildman–Crippen LogP) is 0.267. The molecule has 0 spiro atoms. The molecule has 162 valence electrons. The number of aromatic nitrogens is 4. The summed E-state index contributed by atoms with van der Waals surface area (Å²) in [4.78, 5) is 27.1. The van der Waals surface area contributed by atoms with Crippen LogP contribution in [0.3, 0.4) is 0 Å². The van der Waals surface area contributed by atoms with Crippen LogP contribution < -0.4 is 11.1 Å². The van der Waals surface area contributed by atoms with Gasteiger partial charge in [-0.25, -0.2) is 4.68 Å². The minimum Gasteiger partial charge on any atom is -0.391 e. The van der Waals surface area contributed by atoms with Crippen molar-refractivity contribution >= 4 is 23.4 Å². The van der Waals surface area contributed by atoms with Crippen LogP contribution in [0.5, 0.6) is 0 Å². The zero-order chi connectivity index (χ0) is 21.8. The fourth-order valence-electron chi connectivity index (χ4n) is 3.55. The first-order chi connectivity index (χ1) is 14.3. The van der Waals surface area contributed by atoms with Gasteiger partial charge in [-0.15, -0.1) is 5.10 Å². The van der Waals surface area contributed by atoms with E-state index in [2.05, 4.69) is 20.8 Å². The molecular formula is C19H26ClN7O3. The van der Waals surface area contributed by atoms with Gasteiger partial charge in [0.1, 0.15) is 18.4 Å². The maximum absolute atomic E-state index is 12.9. The summed E-state index contributed by atoms with van der Waals surface area (Å²) in [5.74, 6) is -0.855. The molecule has 3 unspecified atom stereocenters. The molecule has 0 aliphatic carbocycles. The van der Waals surface area contributed by atoms with Crippen LogP contribution in [0.25, 0.3) is 5.69 Å². The Labute approximate surface area is 179 Å². The molecule has 2 aromatic rings. The van der Waals surface area contributed by atoms with Crippen LogP contribution >= 0.6 is 11.6 Å². The third-order valence-electron chi connectivity index (χ3n) is 5.27. The molecule has 11 heteroatoms. The van der Waals surface area contributed by atoms with Gasteiger partial charge >= 0.3 is 0 Å². The maximum Gasteiger partial charge on any atom is 0.243 e. The number of carbonyl (C=O) groups excluding carboxylic acids is 2. The molecule has 10 nitrogen and oxygen atoms in total. The number of likely N-dealkylation sites (tertiary alicyclic amines) is 1. The Morgan fingerprint density at radius 1 is 1.40 bits per heavy atom. The van der Waals surface area contributed by atoms with Gasteiger partial charge in [0.2, 0.25) is 11.8 Å². The van der Waals surface area contributed by atoms with Gasteiger partial charge in [0.15, 0.2) is 0 Å². The van der Waals surface area contributed by atoms with E-state index in [0.717, 1.165) is 5.56 Å². The average molecular weight is 436 g/mol. The molecule has 1 fully saturated rings. The number of nitrogens with two attached hydrogens (primary N) is 1. The highest BCUT2D eigenvalue weighted by atomic mass is 35.5. The third kappa shape index (κ3) is 4.77. The Morgan fingerprint density at radius 2 is 2.17 bits per heavy atom. The topological polar surface area (TPSA) is 139 Å². The van der Waals surface area contributed by atoms with Crippen molar-refractivity contribution in [3.05, 3.63) is 35.1 Å². The van der Waals surface area contributed by atoms with Crippen LogP contribution in [0.1, 0.15) is 32.3 Å². The van der Waals surface area contributed by atoms with Crippen molar-refractivity contribution in [3.8, 4) is 5.69 Å². The monoisotopic (exact) mass is 435 g/mol. The largest absolute Gasteiger partial charge is 0.391 e. The van der Waals surface area contributed by atoms with Gasteiger partial charge in [0, 0.05) is 18.1 Å². The molecule has 30 heavy (non-hydrogen) atoms. The molecule has 4 N–H and O–H groups in total. The minimum absolute atomic E-state index is 0.161. The second kappa shape index (κ2) is 9.50. The number of hydrogen-bond donors (Lipinski definition) is 3. The van der Waals surface area contributed by atoms with Crippen LogP contribution in [-0.2, 0) is 16.1 Å². The highest BCUT2D eigenvalue weighted by Crippen LogP contribution is 2.22. The Balaban J connectivity index is 1.69. The van der Waals surface area contributed by atoms with Crippen molar-refractivity contribution in [1.29, 1.82) is 0 Å². The number of aliphatic hydroxyl groups is 1. The molecular weight excluding hydrogens is 410 g/mol. The zero-order valence-electron chi connectivity index (χ0n) is 16.9. The van der Waals surface area contributed by atoms with E-state index in [4.69, 9.17) is 17.3 Å². The van der Waals surface area contributed by atoms with E-state index in [-0.39, 0.29) is 18.4 Å². The number of amides is 2. The lowest BCUT2D eigenvalue weighted by atomic mass is 9.99. The standard InChI is InChI=1S/C19H26ClN7O3/c1-11(2)17(28)16(21)19(30)26-7-3-4-15(26)18(29)22-9-12-8-13(20)5-6-14(12)27-10-23-24-25-27/h5-6,8,10-11,15-17,28H,3-4,7,9,21H2,1-2H3,(H,22,29). The van der Waals surface area contributed by atoms with E-state index < -0.39 is 24.1 Å². The number of tetrazole rings is 1. The summed E-state index contributed by atoms with van der Waals surface area (Å²) in [6, 6.07) is 3.52. The molecule has 0 saturated carbocycles. The second-order valence-electron chi connectivity index (χ2n) is 7.70. The van der Waals surface area contributed by atoms with Gasteiger partial charge in [0.25, 0.3) is 0 Å². The highest BCUT2D eigenvalue weighted by Gasteiger charge is 2.38. The quantitative estimate of drug-likeness (QED) is 0.567. The molecule has 3 rings (SSSR count). The molecule has 0 bridgehead atoms. The Morgan fingerprint density at radius 3 is 2.83 bits per heavy atom.